The molecule has 0 saturated heterocycles. The largest absolute Gasteiger partial charge is 0.504 e. The fourth-order valence-electron chi connectivity index (χ4n) is 1.60. The number of hydrogen-bond donors (Lipinski definition) is 1. The minimum absolute atomic E-state index is 0.115. The highest BCUT2D eigenvalue weighted by molar-refractivity contribution is 5.81. The van der Waals surface area contributed by atoms with Gasteiger partial charge in [-0.2, -0.15) is 0 Å². The van der Waals surface area contributed by atoms with Gasteiger partial charge in [-0.05, 0) is 11.5 Å². The fraction of sp³-hybridized carbons (Fsp3) is 0.400. The first-order valence-corrected chi connectivity index (χ1v) is 6.10. The number of rotatable bonds is 5. The lowest BCUT2D eigenvalue weighted by molar-refractivity contribution is -0.138. The summed E-state index contributed by atoms with van der Waals surface area (Å²) in [4.78, 5) is 10.8. The summed E-state index contributed by atoms with van der Waals surface area (Å²) in [6.45, 7) is 9.63. The predicted molar refractivity (Wildman–Crippen MR) is 73.5 cm³/mol. The SMILES string of the molecule is C=CC(=O)OCCOc1cccc(C(C)(C)C)c1O. The molecule has 1 aromatic carbocycles. The Morgan fingerprint density at radius 1 is 1.37 bits per heavy atom. The second-order valence-electron chi connectivity index (χ2n) is 5.12. The molecule has 0 radical (unpaired) electrons. The van der Waals surface area contributed by atoms with Crippen LogP contribution < -0.4 is 4.74 Å². The van der Waals surface area contributed by atoms with Gasteiger partial charge in [-0.1, -0.05) is 39.5 Å². The van der Waals surface area contributed by atoms with Gasteiger partial charge in [0, 0.05) is 11.6 Å². The number of hydrogen-bond acceptors (Lipinski definition) is 4. The summed E-state index contributed by atoms with van der Waals surface area (Å²) < 4.78 is 10.2. The van der Waals surface area contributed by atoms with Gasteiger partial charge in [0.1, 0.15) is 13.2 Å². The Kier molecular flexibility index (Phi) is 4.98. The number of phenolic OH excluding ortho intramolecular Hbond substituents is 1. The Balaban J connectivity index is 2.65. The molecule has 0 amide bonds. The second-order valence-corrected chi connectivity index (χ2v) is 5.12. The average molecular weight is 264 g/mol. The van der Waals surface area contributed by atoms with Gasteiger partial charge in [0.05, 0.1) is 0 Å². The molecule has 4 nitrogen and oxygen atoms in total. The zero-order valence-electron chi connectivity index (χ0n) is 11.6. The van der Waals surface area contributed by atoms with Gasteiger partial charge < -0.3 is 14.6 Å². The van der Waals surface area contributed by atoms with Gasteiger partial charge in [-0.15, -0.1) is 0 Å². The molecule has 0 aliphatic rings. The summed E-state index contributed by atoms with van der Waals surface area (Å²) in [5.41, 5.74) is 0.645. The van der Waals surface area contributed by atoms with Crippen LogP contribution >= 0.6 is 0 Å². The van der Waals surface area contributed by atoms with E-state index in [2.05, 4.69) is 6.58 Å². The summed E-state index contributed by atoms with van der Waals surface area (Å²) in [6.07, 6.45) is 1.09. The number of phenols is 1. The van der Waals surface area contributed by atoms with Crippen LogP contribution in [0.4, 0.5) is 0 Å². The normalized spacial score (nSPS) is 10.9. The maximum atomic E-state index is 10.8. The van der Waals surface area contributed by atoms with Crippen molar-refractivity contribution in [3.05, 3.63) is 36.4 Å². The van der Waals surface area contributed by atoms with Crippen molar-refractivity contribution in [2.45, 2.75) is 26.2 Å². The topological polar surface area (TPSA) is 55.8 Å². The third-order valence-electron chi connectivity index (χ3n) is 2.56. The van der Waals surface area contributed by atoms with Crippen molar-refractivity contribution in [2.75, 3.05) is 13.2 Å². The van der Waals surface area contributed by atoms with Crippen LogP contribution in [0.1, 0.15) is 26.3 Å². The lowest BCUT2D eigenvalue weighted by atomic mass is 9.86. The molecule has 1 N–H and O–H groups in total. The highest BCUT2D eigenvalue weighted by atomic mass is 16.6. The summed E-state index contributed by atoms with van der Waals surface area (Å²) in [5.74, 6) is 0.0309. The van der Waals surface area contributed by atoms with E-state index in [-0.39, 0.29) is 24.4 Å². The summed E-state index contributed by atoms with van der Waals surface area (Å²) in [7, 11) is 0. The van der Waals surface area contributed by atoms with Crippen LogP contribution in [0.3, 0.4) is 0 Å². The number of esters is 1. The minimum Gasteiger partial charge on any atom is -0.504 e. The minimum atomic E-state index is -0.490. The Hall–Kier alpha value is -1.97. The van der Waals surface area contributed by atoms with Crippen molar-refractivity contribution >= 4 is 5.97 Å². The van der Waals surface area contributed by atoms with Crippen LogP contribution in [-0.2, 0) is 14.9 Å². The smallest absolute Gasteiger partial charge is 0.330 e. The van der Waals surface area contributed by atoms with E-state index in [0.29, 0.717) is 5.75 Å². The van der Waals surface area contributed by atoms with Crippen LogP contribution in [0.15, 0.2) is 30.9 Å². The first-order chi connectivity index (χ1) is 8.86. The van der Waals surface area contributed by atoms with E-state index in [1.807, 2.05) is 32.9 Å². The fourth-order valence-corrected chi connectivity index (χ4v) is 1.60. The zero-order chi connectivity index (χ0) is 14.5. The van der Waals surface area contributed by atoms with Crippen LogP contribution in [0, 0.1) is 0 Å². The Bertz CT molecular complexity index is 458. The quantitative estimate of drug-likeness (QED) is 0.505. The van der Waals surface area contributed by atoms with E-state index in [9.17, 15) is 9.90 Å². The van der Waals surface area contributed by atoms with E-state index in [1.165, 1.54) is 0 Å². The van der Waals surface area contributed by atoms with Crippen LogP contribution in [0.5, 0.6) is 11.5 Å². The zero-order valence-corrected chi connectivity index (χ0v) is 11.6. The number of para-hydroxylation sites is 1. The van der Waals surface area contributed by atoms with E-state index in [0.717, 1.165) is 11.6 Å². The number of carbonyl (C=O) groups excluding carboxylic acids is 1. The maximum absolute atomic E-state index is 10.8. The molecule has 0 aromatic heterocycles. The van der Waals surface area contributed by atoms with Crippen molar-refractivity contribution in [3.8, 4) is 11.5 Å². The molecule has 19 heavy (non-hydrogen) atoms. The van der Waals surface area contributed by atoms with Gasteiger partial charge in [0.25, 0.3) is 0 Å². The third-order valence-corrected chi connectivity index (χ3v) is 2.56. The maximum Gasteiger partial charge on any atom is 0.330 e. The lowest BCUT2D eigenvalue weighted by Crippen LogP contribution is -2.13. The van der Waals surface area contributed by atoms with Crippen molar-refractivity contribution in [1.29, 1.82) is 0 Å². The van der Waals surface area contributed by atoms with E-state index in [1.54, 1.807) is 6.07 Å². The van der Waals surface area contributed by atoms with Crippen molar-refractivity contribution < 1.29 is 19.4 Å². The van der Waals surface area contributed by atoms with Gasteiger partial charge in [-0.25, -0.2) is 4.79 Å². The van der Waals surface area contributed by atoms with Crippen molar-refractivity contribution in [3.63, 3.8) is 0 Å². The summed E-state index contributed by atoms with van der Waals surface area (Å²) in [5, 5.41) is 10.1. The second kappa shape index (κ2) is 6.27. The molecular formula is C15H20O4. The summed E-state index contributed by atoms with van der Waals surface area (Å²) in [6, 6.07) is 5.37. The molecule has 0 heterocycles. The molecular weight excluding hydrogens is 244 g/mol. The molecule has 0 spiro atoms. The average Bonchev–Trinajstić information content (AvgIpc) is 2.34. The standard InChI is InChI=1S/C15H20O4/c1-5-13(16)19-10-9-18-12-8-6-7-11(14(12)17)15(2,3)4/h5-8,17H,1,9-10H2,2-4H3. The van der Waals surface area contributed by atoms with Gasteiger partial charge in [0.2, 0.25) is 0 Å². The van der Waals surface area contributed by atoms with E-state index < -0.39 is 5.97 Å². The highest BCUT2D eigenvalue weighted by Crippen LogP contribution is 2.37. The van der Waals surface area contributed by atoms with Crippen LogP contribution in [0.2, 0.25) is 0 Å². The monoisotopic (exact) mass is 264 g/mol. The first-order valence-electron chi connectivity index (χ1n) is 6.10. The lowest BCUT2D eigenvalue weighted by Gasteiger charge is -2.21. The highest BCUT2D eigenvalue weighted by Gasteiger charge is 2.20. The number of aromatic hydroxyl groups is 1. The molecule has 104 valence electrons. The van der Waals surface area contributed by atoms with Crippen LogP contribution in [-0.4, -0.2) is 24.3 Å². The molecule has 1 rings (SSSR count). The molecule has 0 fully saturated rings. The third kappa shape index (κ3) is 4.32. The molecule has 0 bridgehead atoms. The Labute approximate surface area is 113 Å². The Morgan fingerprint density at radius 2 is 2.05 bits per heavy atom. The number of benzene rings is 1. The summed E-state index contributed by atoms with van der Waals surface area (Å²) >= 11 is 0. The molecule has 0 aliphatic heterocycles. The molecule has 0 saturated carbocycles. The van der Waals surface area contributed by atoms with Gasteiger partial charge >= 0.3 is 5.97 Å². The molecule has 1 aromatic rings. The van der Waals surface area contributed by atoms with Crippen LogP contribution in [0.25, 0.3) is 0 Å². The number of ether oxygens (including phenoxy) is 2. The van der Waals surface area contributed by atoms with Gasteiger partial charge in [-0.3, -0.25) is 0 Å². The van der Waals surface area contributed by atoms with Crippen molar-refractivity contribution in [1.82, 2.24) is 0 Å². The molecule has 0 unspecified atom stereocenters. The molecule has 4 heteroatoms. The number of carbonyl (C=O) groups is 1. The first kappa shape index (κ1) is 15.1. The van der Waals surface area contributed by atoms with Crippen molar-refractivity contribution in [2.24, 2.45) is 0 Å². The predicted octanol–water partition coefficient (Wildman–Crippen LogP) is 2.80. The van der Waals surface area contributed by atoms with E-state index >= 15 is 0 Å². The van der Waals surface area contributed by atoms with E-state index in [4.69, 9.17) is 9.47 Å². The molecule has 0 aliphatic carbocycles. The Morgan fingerprint density at radius 3 is 2.63 bits per heavy atom. The molecule has 0 atom stereocenters. The van der Waals surface area contributed by atoms with Gasteiger partial charge in [0.15, 0.2) is 11.5 Å².